The fourth-order valence-corrected chi connectivity index (χ4v) is 2.38. The Labute approximate surface area is 107 Å². The molecule has 2 heteroatoms. The highest BCUT2D eigenvalue weighted by Gasteiger charge is 2.27. The Morgan fingerprint density at radius 3 is 2.61 bits per heavy atom. The summed E-state index contributed by atoms with van der Waals surface area (Å²) in [5, 5.41) is 2.53. The summed E-state index contributed by atoms with van der Waals surface area (Å²) < 4.78 is 5.73. The van der Waals surface area contributed by atoms with Crippen LogP contribution in [0.3, 0.4) is 0 Å². The molecular formula is C16H17NO. The van der Waals surface area contributed by atoms with Gasteiger partial charge in [0.05, 0.1) is 5.54 Å². The van der Waals surface area contributed by atoms with Gasteiger partial charge in [0.25, 0.3) is 0 Å². The number of aryl methyl sites for hydroxylation is 1. The summed E-state index contributed by atoms with van der Waals surface area (Å²) in [6.45, 7) is 6.98. The standard InChI is InChI=1S/C16H17NO/c1-11-13-7-5-4-6-12(13)8-9-14(11)15-17-16(2,3)10-18-15/h4-9H,10H2,1-3H3. The normalized spacial score (nSPS) is 17.6. The topological polar surface area (TPSA) is 21.6 Å². The molecule has 2 aromatic rings. The van der Waals surface area contributed by atoms with E-state index in [0.717, 1.165) is 11.5 Å². The average Bonchev–Trinajstić information content (AvgIpc) is 2.70. The lowest BCUT2D eigenvalue weighted by Gasteiger charge is -2.08. The van der Waals surface area contributed by atoms with E-state index in [9.17, 15) is 0 Å². The van der Waals surface area contributed by atoms with Crippen LogP contribution in [0.25, 0.3) is 10.8 Å². The summed E-state index contributed by atoms with van der Waals surface area (Å²) in [4.78, 5) is 4.65. The summed E-state index contributed by atoms with van der Waals surface area (Å²) in [5.74, 6) is 0.781. The third-order valence-corrected chi connectivity index (χ3v) is 3.40. The van der Waals surface area contributed by atoms with Crippen molar-refractivity contribution in [3.63, 3.8) is 0 Å². The Morgan fingerprint density at radius 1 is 1.11 bits per heavy atom. The zero-order valence-electron chi connectivity index (χ0n) is 11.0. The van der Waals surface area contributed by atoms with Crippen LogP contribution >= 0.6 is 0 Å². The Balaban J connectivity index is 2.17. The van der Waals surface area contributed by atoms with Crippen molar-refractivity contribution in [3.8, 4) is 0 Å². The summed E-state index contributed by atoms with van der Waals surface area (Å²) >= 11 is 0. The molecule has 0 amide bonds. The van der Waals surface area contributed by atoms with Gasteiger partial charge in [-0.05, 0) is 43.2 Å². The minimum Gasteiger partial charge on any atom is -0.475 e. The maximum Gasteiger partial charge on any atom is 0.217 e. The van der Waals surface area contributed by atoms with E-state index in [1.54, 1.807) is 0 Å². The van der Waals surface area contributed by atoms with Gasteiger partial charge in [-0.1, -0.05) is 30.3 Å². The van der Waals surface area contributed by atoms with E-state index >= 15 is 0 Å². The Bertz CT molecular complexity index is 641. The summed E-state index contributed by atoms with van der Waals surface area (Å²) in [6.07, 6.45) is 0. The van der Waals surface area contributed by atoms with E-state index in [1.807, 2.05) is 0 Å². The summed E-state index contributed by atoms with van der Waals surface area (Å²) in [5.41, 5.74) is 2.25. The molecule has 1 aliphatic heterocycles. The number of rotatable bonds is 1. The van der Waals surface area contributed by atoms with Crippen LogP contribution in [0.4, 0.5) is 0 Å². The van der Waals surface area contributed by atoms with Gasteiger partial charge in [0.2, 0.25) is 5.90 Å². The second-order valence-corrected chi connectivity index (χ2v) is 5.48. The van der Waals surface area contributed by atoms with Crippen LogP contribution in [-0.4, -0.2) is 18.0 Å². The van der Waals surface area contributed by atoms with E-state index in [4.69, 9.17) is 4.74 Å². The predicted octanol–water partition coefficient (Wildman–Crippen LogP) is 3.70. The van der Waals surface area contributed by atoms with Gasteiger partial charge in [-0.2, -0.15) is 0 Å². The highest BCUT2D eigenvalue weighted by molar-refractivity contribution is 6.02. The summed E-state index contributed by atoms with van der Waals surface area (Å²) in [6, 6.07) is 12.7. The van der Waals surface area contributed by atoms with Crippen molar-refractivity contribution >= 4 is 16.7 Å². The van der Waals surface area contributed by atoms with Crippen molar-refractivity contribution in [2.75, 3.05) is 6.61 Å². The van der Waals surface area contributed by atoms with Gasteiger partial charge in [-0.15, -0.1) is 0 Å². The van der Waals surface area contributed by atoms with Gasteiger partial charge in [0.15, 0.2) is 0 Å². The van der Waals surface area contributed by atoms with Gasteiger partial charge in [0, 0.05) is 5.56 Å². The van der Waals surface area contributed by atoms with Crippen LogP contribution in [0.2, 0.25) is 0 Å². The van der Waals surface area contributed by atoms with Crippen LogP contribution < -0.4 is 0 Å². The number of hydrogen-bond donors (Lipinski definition) is 0. The van der Waals surface area contributed by atoms with E-state index in [-0.39, 0.29) is 5.54 Å². The molecule has 0 radical (unpaired) electrons. The minimum absolute atomic E-state index is 0.104. The molecule has 1 aliphatic rings. The Kier molecular flexibility index (Phi) is 2.40. The molecule has 18 heavy (non-hydrogen) atoms. The van der Waals surface area contributed by atoms with E-state index in [2.05, 4.69) is 62.2 Å². The maximum atomic E-state index is 5.73. The van der Waals surface area contributed by atoms with Crippen LogP contribution in [0, 0.1) is 6.92 Å². The number of ether oxygens (including phenoxy) is 1. The smallest absolute Gasteiger partial charge is 0.217 e. The first-order valence-electron chi connectivity index (χ1n) is 6.28. The molecule has 0 aliphatic carbocycles. The Morgan fingerprint density at radius 2 is 1.89 bits per heavy atom. The van der Waals surface area contributed by atoms with Crippen molar-refractivity contribution in [1.82, 2.24) is 0 Å². The Hall–Kier alpha value is -1.83. The molecule has 3 rings (SSSR count). The van der Waals surface area contributed by atoms with Gasteiger partial charge in [0.1, 0.15) is 6.61 Å². The molecule has 1 heterocycles. The molecule has 2 aromatic carbocycles. The first kappa shape index (κ1) is 11.3. The molecule has 0 saturated heterocycles. The molecule has 2 nitrogen and oxygen atoms in total. The average molecular weight is 239 g/mol. The molecule has 0 spiro atoms. The predicted molar refractivity (Wildman–Crippen MR) is 75.3 cm³/mol. The lowest BCUT2D eigenvalue weighted by Crippen LogP contribution is -2.17. The van der Waals surface area contributed by atoms with E-state index < -0.39 is 0 Å². The molecule has 0 fully saturated rings. The fourth-order valence-electron chi connectivity index (χ4n) is 2.38. The largest absolute Gasteiger partial charge is 0.475 e. The van der Waals surface area contributed by atoms with E-state index in [1.165, 1.54) is 16.3 Å². The van der Waals surface area contributed by atoms with Crippen LogP contribution in [0.15, 0.2) is 41.4 Å². The van der Waals surface area contributed by atoms with E-state index in [0.29, 0.717) is 6.61 Å². The number of benzene rings is 2. The highest BCUT2D eigenvalue weighted by atomic mass is 16.5. The number of aliphatic imine (C=N–C) groups is 1. The first-order chi connectivity index (χ1) is 8.57. The van der Waals surface area contributed by atoms with Gasteiger partial charge < -0.3 is 4.74 Å². The lowest BCUT2D eigenvalue weighted by molar-refractivity contribution is 0.279. The maximum absolute atomic E-state index is 5.73. The fraction of sp³-hybridized carbons (Fsp3) is 0.312. The lowest BCUT2D eigenvalue weighted by atomic mass is 10.00. The molecule has 0 unspecified atom stereocenters. The highest BCUT2D eigenvalue weighted by Crippen LogP contribution is 2.26. The third kappa shape index (κ3) is 1.78. The van der Waals surface area contributed by atoms with Gasteiger partial charge in [-0.25, -0.2) is 4.99 Å². The van der Waals surface area contributed by atoms with Crippen molar-refractivity contribution in [1.29, 1.82) is 0 Å². The van der Waals surface area contributed by atoms with Gasteiger partial charge >= 0.3 is 0 Å². The van der Waals surface area contributed by atoms with Crippen molar-refractivity contribution in [3.05, 3.63) is 47.5 Å². The van der Waals surface area contributed by atoms with Crippen molar-refractivity contribution < 1.29 is 4.74 Å². The van der Waals surface area contributed by atoms with Crippen molar-refractivity contribution in [2.24, 2.45) is 4.99 Å². The quantitative estimate of drug-likeness (QED) is 0.743. The first-order valence-corrected chi connectivity index (χ1v) is 6.28. The molecule has 0 N–H and O–H groups in total. The zero-order valence-corrected chi connectivity index (χ0v) is 11.0. The second kappa shape index (κ2) is 3.84. The van der Waals surface area contributed by atoms with Crippen LogP contribution in [0.1, 0.15) is 25.0 Å². The second-order valence-electron chi connectivity index (χ2n) is 5.48. The molecule has 0 bridgehead atoms. The zero-order chi connectivity index (χ0) is 12.8. The molecule has 0 saturated carbocycles. The van der Waals surface area contributed by atoms with Crippen molar-refractivity contribution in [2.45, 2.75) is 26.3 Å². The minimum atomic E-state index is -0.104. The number of fused-ring (bicyclic) bond motifs is 1. The monoisotopic (exact) mass is 239 g/mol. The molecule has 0 atom stereocenters. The summed E-state index contributed by atoms with van der Waals surface area (Å²) in [7, 11) is 0. The molecule has 92 valence electrons. The SMILES string of the molecule is Cc1c(C2=NC(C)(C)CO2)ccc2ccccc12. The molecule has 0 aromatic heterocycles. The van der Waals surface area contributed by atoms with Gasteiger partial charge in [-0.3, -0.25) is 0 Å². The van der Waals surface area contributed by atoms with Crippen LogP contribution in [0.5, 0.6) is 0 Å². The van der Waals surface area contributed by atoms with Crippen LogP contribution in [-0.2, 0) is 4.74 Å². The number of nitrogens with zero attached hydrogens (tertiary/aromatic N) is 1. The number of hydrogen-bond acceptors (Lipinski definition) is 2. The third-order valence-electron chi connectivity index (χ3n) is 3.40. The molecular weight excluding hydrogens is 222 g/mol.